The molecule has 0 heterocycles. The minimum Gasteiger partial charge on any atom is -0.493 e. The van der Waals surface area contributed by atoms with Crippen LogP contribution in [0.5, 0.6) is 17.2 Å². The standard InChI is InChI=1S/C20H20Cl2N2O4/c1-26-17-8-13(9-18(27-2)20(17)28-3)16(11-23)24-19(25)7-5-12-4-6-14(21)10-15(12)22/h4,6,8-10,16H,5,7H2,1-3H3,(H,24,25). The summed E-state index contributed by atoms with van der Waals surface area (Å²) in [7, 11) is 4.46. The topological polar surface area (TPSA) is 80.6 Å². The second-order valence-corrected chi connectivity index (χ2v) is 6.67. The minimum absolute atomic E-state index is 0.171. The van der Waals surface area contributed by atoms with Crippen molar-refractivity contribution < 1.29 is 19.0 Å². The van der Waals surface area contributed by atoms with E-state index in [1.54, 1.807) is 30.3 Å². The average molecular weight is 423 g/mol. The van der Waals surface area contributed by atoms with Crippen molar-refractivity contribution >= 4 is 29.1 Å². The van der Waals surface area contributed by atoms with Crippen LogP contribution in [0, 0.1) is 11.3 Å². The number of hydrogen-bond donors (Lipinski definition) is 1. The fourth-order valence-electron chi connectivity index (χ4n) is 2.66. The van der Waals surface area contributed by atoms with Crippen molar-refractivity contribution in [1.29, 1.82) is 5.26 Å². The molecule has 0 aliphatic rings. The lowest BCUT2D eigenvalue weighted by Gasteiger charge is -2.17. The van der Waals surface area contributed by atoms with Gasteiger partial charge < -0.3 is 19.5 Å². The van der Waals surface area contributed by atoms with Crippen LogP contribution in [0.15, 0.2) is 30.3 Å². The van der Waals surface area contributed by atoms with Crippen molar-refractivity contribution in [1.82, 2.24) is 5.32 Å². The molecule has 148 valence electrons. The number of aryl methyl sites for hydroxylation is 1. The van der Waals surface area contributed by atoms with Gasteiger partial charge in [0.05, 0.1) is 27.4 Å². The molecule has 0 fully saturated rings. The molecule has 1 unspecified atom stereocenters. The van der Waals surface area contributed by atoms with E-state index in [-0.39, 0.29) is 12.3 Å². The van der Waals surface area contributed by atoms with E-state index in [9.17, 15) is 10.1 Å². The van der Waals surface area contributed by atoms with Gasteiger partial charge >= 0.3 is 0 Å². The number of amides is 1. The second-order valence-electron chi connectivity index (χ2n) is 5.82. The number of methoxy groups -OCH3 is 3. The molecule has 0 aromatic heterocycles. The largest absolute Gasteiger partial charge is 0.493 e. The third-order valence-electron chi connectivity index (χ3n) is 4.09. The van der Waals surface area contributed by atoms with Gasteiger partial charge in [-0.1, -0.05) is 29.3 Å². The Bertz CT molecular complexity index is 871. The molecule has 2 aromatic rings. The number of rotatable bonds is 8. The van der Waals surface area contributed by atoms with Crippen LogP contribution in [0.3, 0.4) is 0 Å². The Kier molecular flexibility index (Phi) is 7.80. The van der Waals surface area contributed by atoms with E-state index in [0.29, 0.717) is 39.3 Å². The zero-order valence-corrected chi connectivity index (χ0v) is 17.2. The van der Waals surface area contributed by atoms with Crippen molar-refractivity contribution in [3.8, 4) is 23.3 Å². The number of hydrogen-bond acceptors (Lipinski definition) is 5. The van der Waals surface area contributed by atoms with Crippen molar-refractivity contribution in [3.05, 3.63) is 51.5 Å². The van der Waals surface area contributed by atoms with Crippen LogP contribution in [0.4, 0.5) is 0 Å². The molecule has 1 amide bonds. The number of nitrogens with one attached hydrogen (secondary N) is 1. The molecular formula is C20H20Cl2N2O4. The number of carbonyl (C=O) groups is 1. The summed E-state index contributed by atoms with van der Waals surface area (Å²) in [5.74, 6) is 0.930. The third-order valence-corrected chi connectivity index (χ3v) is 4.68. The number of benzene rings is 2. The summed E-state index contributed by atoms with van der Waals surface area (Å²) in [4.78, 5) is 12.4. The highest BCUT2D eigenvalue weighted by Gasteiger charge is 2.20. The maximum Gasteiger partial charge on any atom is 0.221 e. The van der Waals surface area contributed by atoms with Crippen LogP contribution < -0.4 is 19.5 Å². The molecule has 28 heavy (non-hydrogen) atoms. The van der Waals surface area contributed by atoms with Gasteiger partial charge in [-0.05, 0) is 41.8 Å². The first kappa shape index (κ1) is 21.7. The molecule has 1 N–H and O–H groups in total. The smallest absolute Gasteiger partial charge is 0.221 e. The molecule has 0 radical (unpaired) electrons. The van der Waals surface area contributed by atoms with E-state index in [2.05, 4.69) is 11.4 Å². The normalized spacial score (nSPS) is 11.3. The lowest BCUT2D eigenvalue weighted by atomic mass is 10.1. The highest BCUT2D eigenvalue weighted by molar-refractivity contribution is 6.35. The predicted octanol–water partition coefficient (Wildman–Crippen LogP) is 4.33. The van der Waals surface area contributed by atoms with E-state index in [0.717, 1.165) is 5.56 Å². The summed E-state index contributed by atoms with van der Waals surface area (Å²) >= 11 is 12.0. The maximum absolute atomic E-state index is 12.4. The predicted molar refractivity (Wildman–Crippen MR) is 107 cm³/mol. The first-order chi connectivity index (χ1) is 13.4. The van der Waals surface area contributed by atoms with Gasteiger partial charge in [0.1, 0.15) is 6.04 Å². The van der Waals surface area contributed by atoms with Gasteiger partial charge in [0.15, 0.2) is 11.5 Å². The summed E-state index contributed by atoms with van der Waals surface area (Å²) < 4.78 is 15.9. The molecule has 2 aromatic carbocycles. The third kappa shape index (κ3) is 5.22. The fraction of sp³-hybridized carbons (Fsp3) is 0.300. The molecule has 0 aliphatic heterocycles. The van der Waals surface area contributed by atoms with Crippen LogP contribution in [0.1, 0.15) is 23.6 Å². The molecule has 0 saturated carbocycles. The first-order valence-electron chi connectivity index (χ1n) is 8.36. The van der Waals surface area contributed by atoms with Gasteiger partial charge in [0, 0.05) is 16.5 Å². The Balaban J connectivity index is 2.13. The lowest BCUT2D eigenvalue weighted by Crippen LogP contribution is -2.27. The van der Waals surface area contributed by atoms with Crippen LogP contribution in [0.2, 0.25) is 10.0 Å². The summed E-state index contributed by atoms with van der Waals surface area (Å²) in [6, 6.07) is 9.59. The second kappa shape index (κ2) is 10.1. The zero-order chi connectivity index (χ0) is 20.7. The Morgan fingerprint density at radius 1 is 1.11 bits per heavy atom. The molecule has 2 rings (SSSR count). The molecule has 0 aliphatic carbocycles. The van der Waals surface area contributed by atoms with E-state index >= 15 is 0 Å². The van der Waals surface area contributed by atoms with Gasteiger partial charge in [-0.15, -0.1) is 0 Å². The van der Waals surface area contributed by atoms with Gasteiger partial charge in [-0.2, -0.15) is 5.26 Å². The molecule has 1 atom stereocenters. The molecular weight excluding hydrogens is 403 g/mol. The monoisotopic (exact) mass is 422 g/mol. The Labute approximate surface area is 173 Å². The van der Waals surface area contributed by atoms with E-state index in [1.807, 2.05) is 0 Å². The van der Waals surface area contributed by atoms with Crippen molar-refractivity contribution in [3.63, 3.8) is 0 Å². The van der Waals surface area contributed by atoms with Gasteiger partial charge in [-0.25, -0.2) is 0 Å². The SMILES string of the molecule is COc1cc(C(C#N)NC(=O)CCc2ccc(Cl)cc2Cl)cc(OC)c1OC. The van der Waals surface area contributed by atoms with Crippen molar-refractivity contribution in [2.75, 3.05) is 21.3 Å². The van der Waals surface area contributed by atoms with E-state index < -0.39 is 6.04 Å². The zero-order valence-electron chi connectivity index (χ0n) is 15.7. The molecule has 0 bridgehead atoms. The molecule has 0 spiro atoms. The Hall–Kier alpha value is -2.62. The first-order valence-corrected chi connectivity index (χ1v) is 9.11. The lowest BCUT2D eigenvalue weighted by molar-refractivity contribution is -0.121. The average Bonchev–Trinajstić information content (AvgIpc) is 2.70. The maximum atomic E-state index is 12.4. The summed E-state index contributed by atoms with van der Waals surface area (Å²) in [5.41, 5.74) is 1.33. The van der Waals surface area contributed by atoms with Crippen LogP contribution in [0.25, 0.3) is 0 Å². The minimum atomic E-state index is -0.873. The number of ether oxygens (including phenoxy) is 3. The highest BCUT2D eigenvalue weighted by Crippen LogP contribution is 2.39. The van der Waals surface area contributed by atoms with E-state index in [4.69, 9.17) is 37.4 Å². The van der Waals surface area contributed by atoms with Crippen LogP contribution in [-0.4, -0.2) is 27.2 Å². The highest BCUT2D eigenvalue weighted by atomic mass is 35.5. The van der Waals surface area contributed by atoms with Crippen LogP contribution in [-0.2, 0) is 11.2 Å². The number of nitriles is 1. The molecule has 8 heteroatoms. The summed E-state index contributed by atoms with van der Waals surface area (Å²) in [6.07, 6.45) is 0.596. The van der Waals surface area contributed by atoms with Crippen LogP contribution >= 0.6 is 23.2 Å². The quantitative estimate of drug-likeness (QED) is 0.684. The fourth-order valence-corrected chi connectivity index (χ4v) is 3.17. The summed E-state index contributed by atoms with van der Waals surface area (Å²) in [6.45, 7) is 0. The van der Waals surface area contributed by atoms with Gasteiger partial charge in [0.2, 0.25) is 11.7 Å². The Morgan fingerprint density at radius 3 is 2.25 bits per heavy atom. The summed E-state index contributed by atoms with van der Waals surface area (Å²) in [5, 5.41) is 13.3. The number of halogens is 2. The van der Waals surface area contributed by atoms with Gasteiger partial charge in [-0.3, -0.25) is 4.79 Å². The Morgan fingerprint density at radius 2 is 1.75 bits per heavy atom. The van der Waals surface area contributed by atoms with E-state index in [1.165, 1.54) is 21.3 Å². The van der Waals surface area contributed by atoms with Crippen molar-refractivity contribution in [2.45, 2.75) is 18.9 Å². The molecule has 0 saturated heterocycles. The number of carbonyl (C=O) groups excluding carboxylic acids is 1. The van der Waals surface area contributed by atoms with Crippen molar-refractivity contribution in [2.24, 2.45) is 0 Å². The molecule has 6 nitrogen and oxygen atoms in total. The number of nitrogens with zero attached hydrogens (tertiary/aromatic N) is 1. The van der Waals surface area contributed by atoms with Gasteiger partial charge in [0.25, 0.3) is 0 Å².